The summed E-state index contributed by atoms with van der Waals surface area (Å²) in [6.07, 6.45) is 3.06. The predicted molar refractivity (Wildman–Crippen MR) is 120 cm³/mol. The second-order valence-electron chi connectivity index (χ2n) is 8.47. The van der Waals surface area contributed by atoms with Gasteiger partial charge in [0.2, 0.25) is 0 Å². The zero-order valence-corrected chi connectivity index (χ0v) is 17.4. The Morgan fingerprint density at radius 1 is 0.931 bits per heavy atom. The molecule has 0 unspecified atom stereocenters. The standard InChI is InChI=1S/C24H29N5/c1-16-5-3-6-18-7-4-8-22(23(16)18)29-14-11-20-21(15-29)26-17(2)27-24(20)28-12-9-19(25)10-13-28/h3-8,19H,9-15,25H2,1-2H3. The number of hydrogen-bond acceptors (Lipinski definition) is 5. The van der Waals surface area contributed by atoms with Gasteiger partial charge in [-0.2, -0.15) is 0 Å². The van der Waals surface area contributed by atoms with Crippen LogP contribution < -0.4 is 15.5 Å². The fourth-order valence-electron chi connectivity index (χ4n) is 4.88. The SMILES string of the molecule is Cc1nc2c(c(N3CCC(N)CC3)n1)CCN(c1cccc3cccc(C)c13)C2. The minimum Gasteiger partial charge on any atom is -0.365 e. The molecule has 0 radical (unpaired) electrons. The van der Waals surface area contributed by atoms with E-state index in [1.165, 1.54) is 33.3 Å². The number of rotatable bonds is 2. The lowest BCUT2D eigenvalue weighted by molar-refractivity contribution is 0.496. The molecule has 0 amide bonds. The quantitative estimate of drug-likeness (QED) is 0.726. The molecule has 2 aromatic carbocycles. The van der Waals surface area contributed by atoms with Crippen molar-refractivity contribution in [2.75, 3.05) is 29.4 Å². The van der Waals surface area contributed by atoms with E-state index in [2.05, 4.69) is 53.1 Å². The third-order valence-corrected chi connectivity index (χ3v) is 6.43. The van der Waals surface area contributed by atoms with E-state index in [0.717, 1.165) is 57.1 Å². The molecule has 3 heterocycles. The largest absolute Gasteiger partial charge is 0.365 e. The van der Waals surface area contributed by atoms with Crippen LogP contribution in [-0.4, -0.2) is 35.6 Å². The number of aromatic nitrogens is 2. The highest BCUT2D eigenvalue weighted by atomic mass is 15.2. The number of fused-ring (bicyclic) bond motifs is 2. The van der Waals surface area contributed by atoms with Crippen LogP contribution in [0.2, 0.25) is 0 Å². The van der Waals surface area contributed by atoms with E-state index in [1.54, 1.807) is 0 Å². The summed E-state index contributed by atoms with van der Waals surface area (Å²) in [5, 5.41) is 2.66. The highest BCUT2D eigenvalue weighted by molar-refractivity contribution is 5.97. The van der Waals surface area contributed by atoms with E-state index in [0.29, 0.717) is 6.04 Å². The van der Waals surface area contributed by atoms with E-state index in [9.17, 15) is 0 Å². The second kappa shape index (κ2) is 7.30. The molecule has 150 valence electrons. The molecule has 2 aliphatic rings. The maximum Gasteiger partial charge on any atom is 0.135 e. The van der Waals surface area contributed by atoms with Crippen LogP contribution >= 0.6 is 0 Å². The highest BCUT2D eigenvalue weighted by Gasteiger charge is 2.27. The Kier molecular flexibility index (Phi) is 4.63. The van der Waals surface area contributed by atoms with Gasteiger partial charge in [-0.15, -0.1) is 0 Å². The maximum absolute atomic E-state index is 6.12. The van der Waals surface area contributed by atoms with Crippen molar-refractivity contribution in [3.63, 3.8) is 0 Å². The van der Waals surface area contributed by atoms with Gasteiger partial charge in [-0.3, -0.25) is 0 Å². The third kappa shape index (κ3) is 3.33. The number of nitrogens with two attached hydrogens (primary N) is 1. The van der Waals surface area contributed by atoms with Crippen molar-refractivity contribution in [2.24, 2.45) is 5.73 Å². The van der Waals surface area contributed by atoms with Gasteiger partial charge in [0.15, 0.2) is 0 Å². The van der Waals surface area contributed by atoms with Crippen LogP contribution in [0.5, 0.6) is 0 Å². The van der Waals surface area contributed by atoms with E-state index < -0.39 is 0 Å². The van der Waals surface area contributed by atoms with E-state index in [-0.39, 0.29) is 0 Å². The van der Waals surface area contributed by atoms with Gasteiger partial charge in [0.1, 0.15) is 11.6 Å². The first kappa shape index (κ1) is 18.4. The Balaban J connectivity index is 1.51. The Morgan fingerprint density at radius 2 is 1.69 bits per heavy atom. The topological polar surface area (TPSA) is 58.3 Å². The lowest BCUT2D eigenvalue weighted by atomic mass is 9.99. The lowest BCUT2D eigenvalue weighted by Crippen LogP contribution is -2.41. The van der Waals surface area contributed by atoms with Gasteiger partial charge in [-0.1, -0.05) is 30.3 Å². The molecule has 5 nitrogen and oxygen atoms in total. The number of aryl methyl sites for hydroxylation is 2. The molecule has 3 aromatic rings. The van der Waals surface area contributed by atoms with Crippen LogP contribution in [-0.2, 0) is 13.0 Å². The summed E-state index contributed by atoms with van der Waals surface area (Å²) in [6.45, 7) is 8.04. The smallest absolute Gasteiger partial charge is 0.135 e. The first-order valence-electron chi connectivity index (χ1n) is 10.7. The molecule has 1 fully saturated rings. The molecule has 0 aliphatic carbocycles. The highest BCUT2D eigenvalue weighted by Crippen LogP contribution is 2.34. The summed E-state index contributed by atoms with van der Waals surface area (Å²) < 4.78 is 0. The summed E-state index contributed by atoms with van der Waals surface area (Å²) in [7, 11) is 0. The van der Waals surface area contributed by atoms with Crippen molar-refractivity contribution >= 4 is 22.3 Å². The summed E-state index contributed by atoms with van der Waals surface area (Å²) in [5.74, 6) is 2.01. The minimum absolute atomic E-state index is 0.329. The van der Waals surface area contributed by atoms with Crippen LogP contribution in [0.3, 0.4) is 0 Å². The average molecular weight is 388 g/mol. The van der Waals surface area contributed by atoms with Crippen molar-refractivity contribution in [2.45, 2.75) is 45.7 Å². The fourth-order valence-corrected chi connectivity index (χ4v) is 4.88. The van der Waals surface area contributed by atoms with E-state index in [1.807, 2.05) is 6.92 Å². The maximum atomic E-state index is 6.12. The summed E-state index contributed by atoms with van der Waals surface area (Å²) >= 11 is 0. The zero-order chi connectivity index (χ0) is 20.0. The number of hydrogen-bond donors (Lipinski definition) is 1. The van der Waals surface area contributed by atoms with Gasteiger partial charge < -0.3 is 15.5 Å². The summed E-state index contributed by atoms with van der Waals surface area (Å²) in [4.78, 5) is 14.6. The van der Waals surface area contributed by atoms with Crippen molar-refractivity contribution in [3.05, 3.63) is 59.0 Å². The van der Waals surface area contributed by atoms with Crippen molar-refractivity contribution in [3.8, 4) is 0 Å². The van der Waals surface area contributed by atoms with Crippen LogP contribution in [0.4, 0.5) is 11.5 Å². The van der Waals surface area contributed by atoms with Crippen molar-refractivity contribution in [1.29, 1.82) is 0 Å². The van der Waals surface area contributed by atoms with Crippen LogP contribution in [0, 0.1) is 13.8 Å². The number of benzene rings is 2. The molecule has 5 rings (SSSR count). The summed E-state index contributed by atoms with van der Waals surface area (Å²) in [6, 6.07) is 13.5. The molecule has 0 saturated carbocycles. The van der Waals surface area contributed by atoms with Gasteiger partial charge in [0, 0.05) is 42.3 Å². The predicted octanol–water partition coefficient (Wildman–Crippen LogP) is 3.74. The molecule has 1 aromatic heterocycles. The molecule has 2 aliphatic heterocycles. The van der Waals surface area contributed by atoms with Crippen LogP contribution in [0.25, 0.3) is 10.8 Å². The molecular weight excluding hydrogens is 358 g/mol. The Labute approximate surface area is 172 Å². The molecule has 5 heteroatoms. The average Bonchev–Trinajstić information content (AvgIpc) is 2.73. The van der Waals surface area contributed by atoms with Gasteiger partial charge in [0.05, 0.1) is 12.2 Å². The molecule has 0 spiro atoms. The molecule has 0 atom stereocenters. The Hall–Kier alpha value is -2.66. The van der Waals surface area contributed by atoms with E-state index in [4.69, 9.17) is 15.7 Å². The second-order valence-corrected chi connectivity index (χ2v) is 8.47. The van der Waals surface area contributed by atoms with Crippen molar-refractivity contribution in [1.82, 2.24) is 9.97 Å². The van der Waals surface area contributed by atoms with Gasteiger partial charge in [-0.05, 0) is 50.1 Å². The molecule has 1 saturated heterocycles. The zero-order valence-electron chi connectivity index (χ0n) is 17.4. The number of piperidine rings is 1. The fraction of sp³-hybridized carbons (Fsp3) is 0.417. The number of nitrogens with zero attached hydrogens (tertiary/aromatic N) is 4. The first-order valence-corrected chi connectivity index (χ1v) is 10.7. The van der Waals surface area contributed by atoms with E-state index >= 15 is 0 Å². The molecule has 0 bridgehead atoms. The first-order chi connectivity index (χ1) is 14.1. The normalized spacial score (nSPS) is 17.6. The van der Waals surface area contributed by atoms with Crippen molar-refractivity contribution < 1.29 is 0 Å². The Bertz CT molecular complexity index is 1050. The van der Waals surface area contributed by atoms with Gasteiger partial charge in [0.25, 0.3) is 0 Å². The Morgan fingerprint density at radius 3 is 2.48 bits per heavy atom. The minimum atomic E-state index is 0.329. The third-order valence-electron chi connectivity index (χ3n) is 6.43. The molecule has 29 heavy (non-hydrogen) atoms. The van der Waals surface area contributed by atoms with Crippen LogP contribution in [0.15, 0.2) is 36.4 Å². The molecular formula is C24H29N5. The number of anilines is 2. The lowest BCUT2D eigenvalue weighted by Gasteiger charge is -2.36. The summed E-state index contributed by atoms with van der Waals surface area (Å²) in [5.41, 5.74) is 11.3. The van der Waals surface area contributed by atoms with Gasteiger partial charge in [-0.25, -0.2) is 9.97 Å². The molecule has 2 N–H and O–H groups in total. The van der Waals surface area contributed by atoms with Crippen LogP contribution in [0.1, 0.15) is 35.5 Å². The monoisotopic (exact) mass is 387 g/mol. The van der Waals surface area contributed by atoms with Gasteiger partial charge >= 0.3 is 0 Å².